The number of thiazole rings is 1. The number of hydrogen-bond acceptors (Lipinski definition) is 5. The number of ether oxygens (including phenoxy) is 1. The highest BCUT2D eigenvalue weighted by Gasteiger charge is 2.20. The summed E-state index contributed by atoms with van der Waals surface area (Å²) in [4.78, 5) is 5.58. The van der Waals surface area contributed by atoms with Crippen molar-refractivity contribution < 1.29 is 4.74 Å². The van der Waals surface area contributed by atoms with E-state index >= 15 is 0 Å². The molecular weight excluding hydrogens is 284 g/mol. The van der Waals surface area contributed by atoms with Crippen LogP contribution in [0.4, 0.5) is 5.69 Å². The maximum atomic E-state index is 5.43. The van der Waals surface area contributed by atoms with Crippen molar-refractivity contribution in [2.24, 2.45) is 0 Å². The molecule has 0 aromatic carbocycles. The Kier molecular flexibility index (Phi) is 4.26. The van der Waals surface area contributed by atoms with Crippen molar-refractivity contribution >= 4 is 17.0 Å². The summed E-state index contributed by atoms with van der Waals surface area (Å²) in [6.45, 7) is 8.01. The van der Waals surface area contributed by atoms with Gasteiger partial charge < -0.3 is 10.1 Å². The van der Waals surface area contributed by atoms with E-state index in [9.17, 15) is 0 Å². The number of aromatic nitrogens is 3. The molecule has 1 saturated heterocycles. The lowest BCUT2D eigenvalue weighted by Gasteiger charge is -2.24. The van der Waals surface area contributed by atoms with Crippen molar-refractivity contribution in [3.8, 4) is 0 Å². The second-order valence-electron chi connectivity index (χ2n) is 5.58. The molecule has 3 rings (SSSR count). The molecule has 1 aliphatic rings. The van der Waals surface area contributed by atoms with Gasteiger partial charge in [0, 0.05) is 24.3 Å². The Balaban J connectivity index is 1.72. The van der Waals surface area contributed by atoms with Gasteiger partial charge in [-0.3, -0.25) is 4.68 Å². The van der Waals surface area contributed by atoms with Crippen LogP contribution >= 0.6 is 11.3 Å². The monoisotopic (exact) mass is 306 g/mol. The Hall–Kier alpha value is -1.40. The van der Waals surface area contributed by atoms with Crippen molar-refractivity contribution in [3.05, 3.63) is 28.0 Å². The average molecular weight is 306 g/mol. The van der Waals surface area contributed by atoms with Crippen LogP contribution in [0.25, 0.3) is 0 Å². The third-order valence-corrected chi connectivity index (χ3v) is 5.11. The summed E-state index contributed by atoms with van der Waals surface area (Å²) < 4.78 is 7.58. The first-order chi connectivity index (χ1) is 10.1. The molecule has 0 radical (unpaired) electrons. The van der Waals surface area contributed by atoms with Crippen LogP contribution < -0.4 is 5.32 Å². The summed E-state index contributed by atoms with van der Waals surface area (Å²) in [5.74, 6) is 0. The fourth-order valence-corrected chi connectivity index (χ4v) is 3.53. The van der Waals surface area contributed by atoms with Crippen LogP contribution in [0.2, 0.25) is 0 Å². The minimum Gasteiger partial charge on any atom is -0.381 e. The van der Waals surface area contributed by atoms with Gasteiger partial charge in [-0.15, -0.1) is 11.3 Å². The molecule has 0 aliphatic carbocycles. The number of aryl methyl sites for hydroxylation is 1. The molecule has 2 aromatic rings. The Labute approximate surface area is 129 Å². The largest absolute Gasteiger partial charge is 0.381 e. The van der Waals surface area contributed by atoms with Crippen LogP contribution in [0, 0.1) is 13.8 Å². The van der Waals surface area contributed by atoms with Gasteiger partial charge in [0.25, 0.3) is 0 Å². The Morgan fingerprint density at radius 1 is 1.33 bits per heavy atom. The molecule has 1 unspecified atom stereocenters. The SMILES string of the molecule is Cc1ncc(C(C)Nc2cnn(C3CCOCC3)c2C)s1. The summed E-state index contributed by atoms with van der Waals surface area (Å²) in [6, 6.07) is 0.720. The number of rotatable bonds is 4. The van der Waals surface area contributed by atoms with Gasteiger partial charge in [-0.25, -0.2) is 4.98 Å². The molecule has 1 atom stereocenters. The van der Waals surface area contributed by atoms with Gasteiger partial charge in [0.2, 0.25) is 0 Å². The molecule has 3 heterocycles. The van der Waals surface area contributed by atoms with Gasteiger partial charge in [0.1, 0.15) is 0 Å². The van der Waals surface area contributed by atoms with E-state index in [0.29, 0.717) is 6.04 Å². The van der Waals surface area contributed by atoms with Crippen molar-refractivity contribution in [3.63, 3.8) is 0 Å². The first-order valence-corrected chi connectivity index (χ1v) is 8.27. The van der Waals surface area contributed by atoms with Crippen LogP contribution in [0.1, 0.15) is 47.4 Å². The first-order valence-electron chi connectivity index (χ1n) is 7.46. The molecule has 1 fully saturated rings. The molecule has 5 nitrogen and oxygen atoms in total. The van der Waals surface area contributed by atoms with E-state index in [-0.39, 0.29) is 6.04 Å². The summed E-state index contributed by atoms with van der Waals surface area (Å²) in [5, 5.41) is 9.24. The lowest BCUT2D eigenvalue weighted by atomic mass is 10.1. The molecule has 0 spiro atoms. The van der Waals surface area contributed by atoms with E-state index < -0.39 is 0 Å². The predicted octanol–water partition coefficient (Wildman–Crippen LogP) is 3.48. The molecule has 1 N–H and O–H groups in total. The molecule has 21 heavy (non-hydrogen) atoms. The number of nitrogens with zero attached hydrogens (tertiary/aromatic N) is 3. The van der Waals surface area contributed by atoms with Crippen LogP contribution in [-0.2, 0) is 4.74 Å². The second-order valence-corrected chi connectivity index (χ2v) is 6.85. The summed E-state index contributed by atoms with van der Waals surface area (Å²) in [6.07, 6.45) is 5.99. The highest BCUT2D eigenvalue weighted by atomic mass is 32.1. The normalized spacial score (nSPS) is 17.9. The molecule has 2 aromatic heterocycles. The maximum absolute atomic E-state index is 5.43. The maximum Gasteiger partial charge on any atom is 0.0897 e. The molecule has 0 saturated carbocycles. The topological polar surface area (TPSA) is 52.0 Å². The summed E-state index contributed by atoms with van der Waals surface area (Å²) in [7, 11) is 0. The third-order valence-electron chi connectivity index (χ3n) is 4.02. The van der Waals surface area contributed by atoms with E-state index in [1.165, 1.54) is 10.6 Å². The molecular formula is C15H22N4OS. The van der Waals surface area contributed by atoms with Crippen molar-refractivity contribution in [2.75, 3.05) is 18.5 Å². The minimum atomic E-state index is 0.252. The standard InChI is InChI=1S/C15H22N4OS/c1-10(15-9-16-12(3)21-15)18-14-8-17-19(11(14)2)13-4-6-20-7-5-13/h8-10,13,18H,4-7H2,1-3H3. The molecule has 0 amide bonds. The van der Waals surface area contributed by atoms with Gasteiger partial charge in [-0.05, 0) is 33.6 Å². The van der Waals surface area contributed by atoms with E-state index in [2.05, 4.69) is 33.9 Å². The number of nitrogens with one attached hydrogen (secondary N) is 1. The molecule has 114 valence electrons. The Morgan fingerprint density at radius 2 is 2.10 bits per heavy atom. The molecule has 1 aliphatic heterocycles. The smallest absolute Gasteiger partial charge is 0.0897 e. The minimum absolute atomic E-state index is 0.252. The molecule has 0 bridgehead atoms. The van der Waals surface area contributed by atoms with E-state index in [1.807, 2.05) is 19.3 Å². The quantitative estimate of drug-likeness (QED) is 0.939. The van der Waals surface area contributed by atoms with Gasteiger partial charge >= 0.3 is 0 Å². The zero-order valence-corrected chi connectivity index (χ0v) is 13.6. The first kappa shape index (κ1) is 14.5. The van der Waals surface area contributed by atoms with Crippen LogP contribution in [0.5, 0.6) is 0 Å². The van der Waals surface area contributed by atoms with Crippen LogP contribution in [0.3, 0.4) is 0 Å². The Morgan fingerprint density at radius 3 is 2.76 bits per heavy atom. The van der Waals surface area contributed by atoms with E-state index in [0.717, 1.165) is 36.8 Å². The lowest BCUT2D eigenvalue weighted by Crippen LogP contribution is -2.21. The Bertz CT molecular complexity index is 601. The highest BCUT2D eigenvalue weighted by Crippen LogP contribution is 2.28. The zero-order chi connectivity index (χ0) is 14.8. The average Bonchev–Trinajstić information content (AvgIpc) is 3.07. The highest BCUT2D eigenvalue weighted by molar-refractivity contribution is 7.11. The van der Waals surface area contributed by atoms with Gasteiger partial charge in [0.15, 0.2) is 0 Å². The summed E-state index contributed by atoms with van der Waals surface area (Å²) >= 11 is 1.74. The fourth-order valence-electron chi connectivity index (χ4n) is 2.75. The van der Waals surface area contributed by atoms with Gasteiger partial charge in [-0.1, -0.05) is 0 Å². The predicted molar refractivity (Wildman–Crippen MR) is 84.9 cm³/mol. The summed E-state index contributed by atoms with van der Waals surface area (Å²) in [5.41, 5.74) is 2.31. The number of hydrogen-bond donors (Lipinski definition) is 1. The lowest BCUT2D eigenvalue weighted by molar-refractivity contribution is 0.0657. The van der Waals surface area contributed by atoms with Crippen molar-refractivity contribution in [1.82, 2.24) is 14.8 Å². The van der Waals surface area contributed by atoms with Crippen molar-refractivity contribution in [2.45, 2.75) is 45.7 Å². The van der Waals surface area contributed by atoms with Gasteiger partial charge in [0.05, 0.1) is 34.7 Å². The fraction of sp³-hybridized carbons (Fsp3) is 0.600. The van der Waals surface area contributed by atoms with E-state index in [1.54, 1.807) is 11.3 Å². The van der Waals surface area contributed by atoms with Crippen molar-refractivity contribution in [1.29, 1.82) is 0 Å². The van der Waals surface area contributed by atoms with Gasteiger partial charge in [-0.2, -0.15) is 5.10 Å². The van der Waals surface area contributed by atoms with Crippen LogP contribution in [0.15, 0.2) is 12.4 Å². The second kappa shape index (κ2) is 6.15. The zero-order valence-electron chi connectivity index (χ0n) is 12.8. The third kappa shape index (κ3) is 3.11. The van der Waals surface area contributed by atoms with Crippen LogP contribution in [-0.4, -0.2) is 28.0 Å². The molecule has 6 heteroatoms. The number of anilines is 1. The van der Waals surface area contributed by atoms with E-state index in [4.69, 9.17) is 4.74 Å².